The highest BCUT2D eigenvalue weighted by atomic mass is 79.9. The first kappa shape index (κ1) is 13.3. The van der Waals surface area contributed by atoms with E-state index in [0.717, 1.165) is 28.2 Å². The second-order valence-electron chi connectivity index (χ2n) is 4.24. The third kappa shape index (κ3) is 2.83. The molecule has 3 nitrogen and oxygen atoms in total. The summed E-state index contributed by atoms with van der Waals surface area (Å²) >= 11 is 9.75. The highest BCUT2D eigenvalue weighted by Gasteiger charge is 2.31. The zero-order valence-electron chi connectivity index (χ0n) is 9.70. The predicted octanol–water partition coefficient (Wildman–Crippen LogP) is 2.43. The maximum absolute atomic E-state index is 6.27. The summed E-state index contributed by atoms with van der Waals surface area (Å²) in [6, 6.07) is 6.00. The van der Waals surface area contributed by atoms with Crippen LogP contribution in [-0.2, 0) is 4.74 Å². The van der Waals surface area contributed by atoms with Gasteiger partial charge in [0, 0.05) is 22.6 Å². The van der Waals surface area contributed by atoms with Gasteiger partial charge in [0.05, 0.1) is 18.8 Å². The average Bonchev–Trinajstić information content (AvgIpc) is 2.32. The molecule has 1 aromatic carbocycles. The maximum Gasteiger partial charge on any atom is 0.0894 e. The van der Waals surface area contributed by atoms with E-state index < -0.39 is 0 Å². The molecule has 0 aromatic heterocycles. The molecule has 2 rings (SSSR count). The molecule has 1 aliphatic heterocycles. The molecule has 2 atom stereocenters. The van der Waals surface area contributed by atoms with Crippen LogP contribution >= 0.6 is 27.5 Å². The number of hydrogen-bond donors (Lipinski definition) is 1. The minimum absolute atomic E-state index is 0.000509. The molecular weight excluding hydrogens is 304 g/mol. The highest BCUT2D eigenvalue weighted by Crippen LogP contribution is 2.34. The van der Waals surface area contributed by atoms with Crippen LogP contribution in [0, 0.1) is 0 Å². The standard InChI is InChI=1S/C12H16BrClN2O/c1-16-4-5-17-11(7-15)12(16)9-6-8(13)2-3-10(9)14/h2-3,6,11-12H,4-5,7,15H2,1H3. The quantitative estimate of drug-likeness (QED) is 0.910. The highest BCUT2D eigenvalue weighted by molar-refractivity contribution is 9.10. The number of rotatable bonds is 2. The molecule has 0 radical (unpaired) electrons. The maximum atomic E-state index is 6.27. The SMILES string of the molecule is CN1CCOC(CN)C1c1cc(Br)ccc1Cl. The van der Waals surface area contributed by atoms with Gasteiger partial charge in [0.25, 0.3) is 0 Å². The van der Waals surface area contributed by atoms with Gasteiger partial charge in [0.1, 0.15) is 0 Å². The van der Waals surface area contributed by atoms with Gasteiger partial charge in [-0.25, -0.2) is 0 Å². The molecule has 1 fully saturated rings. The molecule has 2 N–H and O–H groups in total. The lowest BCUT2D eigenvalue weighted by Crippen LogP contribution is -2.46. The van der Waals surface area contributed by atoms with E-state index in [2.05, 4.69) is 27.9 Å². The van der Waals surface area contributed by atoms with Crippen molar-refractivity contribution in [2.75, 3.05) is 26.7 Å². The second-order valence-corrected chi connectivity index (χ2v) is 5.56. The molecule has 17 heavy (non-hydrogen) atoms. The average molecular weight is 320 g/mol. The van der Waals surface area contributed by atoms with Crippen molar-refractivity contribution in [2.45, 2.75) is 12.1 Å². The first-order chi connectivity index (χ1) is 8.13. The van der Waals surface area contributed by atoms with Crippen LogP contribution in [0.15, 0.2) is 22.7 Å². The van der Waals surface area contributed by atoms with Crippen molar-refractivity contribution in [1.82, 2.24) is 4.90 Å². The van der Waals surface area contributed by atoms with E-state index >= 15 is 0 Å². The van der Waals surface area contributed by atoms with E-state index in [-0.39, 0.29) is 12.1 Å². The van der Waals surface area contributed by atoms with Gasteiger partial charge in [-0.05, 0) is 30.8 Å². The fourth-order valence-corrected chi connectivity index (χ4v) is 2.85. The molecule has 1 heterocycles. The van der Waals surface area contributed by atoms with Crippen LogP contribution in [0.1, 0.15) is 11.6 Å². The molecule has 0 amide bonds. The van der Waals surface area contributed by atoms with Gasteiger partial charge < -0.3 is 10.5 Å². The number of halogens is 2. The summed E-state index contributed by atoms with van der Waals surface area (Å²) in [5, 5.41) is 0.758. The monoisotopic (exact) mass is 318 g/mol. The molecule has 1 saturated heterocycles. The van der Waals surface area contributed by atoms with Crippen molar-refractivity contribution in [3.63, 3.8) is 0 Å². The van der Waals surface area contributed by atoms with Crippen molar-refractivity contribution in [3.8, 4) is 0 Å². The third-order valence-electron chi connectivity index (χ3n) is 3.11. The number of hydrogen-bond acceptors (Lipinski definition) is 3. The Hall–Kier alpha value is -0.130. The Balaban J connectivity index is 2.37. The Labute approximate surface area is 115 Å². The topological polar surface area (TPSA) is 38.5 Å². The minimum Gasteiger partial charge on any atom is -0.374 e. The van der Waals surface area contributed by atoms with Crippen molar-refractivity contribution in [1.29, 1.82) is 0 Å². The van der Waals surface area contributed by atoms with Gasteiger partial charge in [0.15, 0.2) is 0 Å². The summed E-state index contributed by atoms with van der Waals surface area (Å²) in [6.07, 6.45) is 0.000509. The van der Waals surface area contributed by atoms with Gasteiger partial charge in [-0.2, -0.15) is 0 Å². The fraction of sp³-hybridized carbons (Fsp3) is 0.500. The van der Waals surface area contributed by atoms with Crippen LogP contribution in [0.25, 0.3) is 0 Å². The van der Waals surface area contributed by atoms with Gasteiger partial charge in [-0.3, -0.25) is 4.90 Å². The van der Waals surface area contributed by atoms with Crippen LogP contribution in [0.2, 0.25) is 5.02 Å². The fourth-order valence-electron chi connectivity index (χ4n) is 2.24. The minimum atomic E-state index is 0.000509. The van der Waals surface area contributed by atoms with Crippen molar-refractivity contribution in [3.05, 3.63) is 33.3 Å². The Morgan fingerprint density at radius 1 is 1.59 bits per heavy atom. The number of morpholine rings is 1. The van der Waals surface area contributed by atoms with Crippen LogP contribution < -0.4 is 5.73 Å². The van der Waals surface area contributed by atoms with Gasteiger partial charge in [-0.1, -0.05) is 27.5 Å². The molecule has 0 aliphatic carbocycles. The number of nitrogens with zero attached hydrogens (tertiary/aromatic N) is 1. The van der Waals surface area contributed by atoms with Crippen LogP contribution in [0.3, 0.4) is 0 Å². The van der Waals surface area contributed by atoms with Gasteiger partial charge in [-0.15, -0.1) is 0 Å². The van der Waals surface area contributed by atoms with Crippen molar-refractivity contribution in [2.24, 2.45) is 5.73 Å². The Kier molecular flexibility index (Phi) is 4.44. The van der Waals surface area contributed by atoms with Gasteiger partial charge >= 0.3 is 0 Å². The Morgan fingerprint density at radius 3 is 3.06 bits per heavy atom. The lowest BCUT2D eigenvalue weighted by molar-refractivity contribution is -0.0576. The normalized spacial score (nSPS) is 26.1. The first-order valence-corrected chi connectivity index (χ1v) is 6.77. The van der Waals surface area contributed by atoms with Gasteiger partial charge in [0.2, 0.25) is 0 Å². The number of nitrogens with two attached hydrogens (primary N) is 1. The van der Waals surface area contributed by atoms with E-state index in [4.69, 9.17) is 22.1 Å². The van der Waals surface area contributed by atoms with E-state index in [9.17, 15) is 0 Å². The van der Waals surface area contributed by atoms with Crippen molar-refractivity contribution >= 4 is 27.5 Å². The molecule has 1 aliphatic rings. The predicted molar refractivity (Wildman–Crippen MR) is 73.3 cm³/mol. The summed E-state index contributed by atoms with van der Waals surface area (Å²) in [6.45, 7) is 2.11. The van der Waals surface area contributed by atoms with Crippen LogP contribution in [0.5, 0.6) is 0 Å². The van der Waals surface area contributed by atoms with Crippen LogP contribution in [-0.4, -0.2) is 37.7 Å². The summed E-state index contributed by atoms with van der Waals surface area (Å²) in [5.41, 5.74) is 6.84. The smallest absolute Gasteiger partial charge is 0.0894 e. The summed E-state index contributed by atoms with van der Waals surface area (Å²) in [4.78, 5) is 2.24. The number of benzene rings is 1. The Morgan fingerprint density at radius 2 is 2.35 bits per heavy atom. The summed E-state index contributed by atoms with van der Waals surface area (Å²) in [5.74, 6) is 0. The van der Waals surface area contributed by atoms with E-state index in [0.29, 0.717) is 6.54 Å². The Bertz CT molecular complexity index is 402. The lowest BCUT2D eigenvalue weighted by Gasteiger charge is -2.39. The summed E-state index contributed by atoms with van der Waals surface area (Å²) < 4.78 is 6.74. The molecule has 0 spiro atoms. The molecule has 5 heteroatoms. The molecule has 0 bridgehead atoms. The third-order valence-corrected chi connectivity index (χ3v) is 3.95. The molecule has 1 aromatic rings. The zero-order chi connectivity index (χ0) is 12.4. The van der Waals surface area contributed by atoms with E-state index in [1.807, 2.05) is 18.2 Å². The number of likely N-dealkylation sites (N-methyl/N-ethyl adjacent to an activating group) is 1. The first-order valence-electron chi connectivity index (χ1n) is 5.60. The molecule has 94 valence electrons. The molecular formula is C12H16BrClN2O. The molecule has 0 saturated carbocycles. The van der Waals surface area contributed by atoms with Crippen molar-refractivity contribution < 1.29 is 4.74 Å². The zero-order valence-corrected chi connectivity index (χ0v) is 12.0. The lowest BCUT2D eigenvalue weighted by atomic mass is 9.98. The van der Waals surface area contributed by atoms with Crippen LogP contribution in [0.4, 0.5) is 0 Å². The summed E-state index contributed by atoms with van der Waals surface area (Å²) in [7, 11) is 2.08. The largest absolute Gasteiger partial charge is 0.374 e. The second kappa shape index (κ2) is 5.67. The number of ether oxygens (including phenoxy) is 1. The molecule has 2 unspecified atom stereocenters. The van der Waals surface area contributed by atoms with E-state index in [1.54, 1.807) is 0 Å². The van der Waals surface area contributed by atoms with E-state index in [1.165, 1.54) is 0 Å².